The highest BCUT2D eigenvalue weighted by Crippen LogP contribution is 2.21. The summed E-state index contributed by atoms with van der Waals surface area (Å²) in [5.74, 6) is 0. The molecule has 2 atom stereocenters. The van der Waals surface area contributed by atoms with Gasteiger partial charge >= 0.3 is 0 Å². The van der Waals surface area contributed by atoms with E-state index in [-0.39, 0.29) is 6.04 Å². The third kappa shape index (κ3) is 4.53. The number of benzene rings is 1. The summed E-state index contributed by atoms with van der Waals surface area (Å²) in [7, 11) is -3.26. The van der Waals surface area contributed by atoms with E-state index < -0.39 is 15.3 Å². The number of fused-ring (bicyclic) bond motifs is 1. The summed E-state index contributed by atoms with van der Waals surface area (Å²) in [6.45, 7) is 5.20. The van der Waals surface area contributed by atoms with Gasteiger partial charge in [0.15, 0.2) is 0 Å². The van der Waals surface area contributed by atoms with Crippen molar-refractivity contribution in [3.05, 3.63) is 35.4 Å². The fourth-order valence-corrected chi connectivity index (χ4v) is 3.97. The van der Waals surface area contributed by atoms with Crippen LogP contribution in [0.15, 0.2) is 24.3 Å². The van der Waals surface area contributed by atoms with Crippen molar-refractivity contribution in [1.82, 2.24) is 10.0 Å². The molecule has 0 saturated carbocycles. The number of sulfonamides is 1. The molecule has 0 saturated heterocycles. The van der Waals surface area contributed by atoms with Crippen molar-refractivity contribution in [2.45, 2.75) is 50.8 Å². The lowest BCUT2D eigenvalue weighted by molar-refractivity contribution is 0.498. The Bertz CT molecular complexity index is 557. The zero-order chi connectivity index (χ0) is 15.3. The van der Waals surface area contributed by atoms with Crippen molar-refractivity contribution in [2.24, 2.45) is 0 Å². The smallest absolute Gasteiger partial charge is 0.215 e. The Morgan fingerprint density at radius 1 is 1.29 bits per heavy atom. The van der Waals surface area contributed by atoms with Gasteiger partial charge in [0, 0.05) is 12.6 Å². The average molecular weight is 310 g/mol. The van der Waals surface area contributed by atoms with E-state index in [0.717, 1.165) is 32.2 Å². The predicted octanol–water partition coefficient (Wildman–Crippen LogP) is 1.85. The summed E-state index contributed by atoms with van der Waals surface area (Å²) >= 11 is 0. The molecule has 0 radical (unpaired) electrons. The first kappa shape index (κ1) is 16.5. The topological polar surface area (TPSA) is 58.2 Å². The molecule has 2 N–H and O–H groups in total. The van der Waals surface area contributed by atoms with Crippen LogP contribution in [-0.2, 0) is 22.9 Å². The molecule has 21 heavy (non-hydrogen) atoms. The number of hydrogen-bond acceptors (Lipinski definition) is 3. The van der Waals surface area contributed by atoms with Gasteiger partial charge in [-0.15, -0.1) is 0 Å². The van der Waals surface area contributed by atoms with Crippen molar-refractivity contribution in [3.8, 4) is 0 Å². The first-order valence-electron chi connectivity index (χ1n) is 7.81. The van der Waals surface area contributed by atoms with E-state index in [1.165, 1.54) is 11.1 Å². The quantitative estimate of drug-likeness (QED) is 0.756. The van der Waals surface area contributed by atoms with Gasteiger partial charge in [0.1, 0.15) is 0 Å². The summed E-state index contributed by atoms with van der Waals surface area (Å²) in [4.78, 5) is 0. The Labute approximate surface area is 128 Å². The molecule has 0 fully saturated rings. The van der Waals surface area contributed by atoms with Crippen LogP contribution in [0.4, 0.5) is 0 Å². The normalized spacial score (nSPS) is 20.0. The number of nitrogens with one attached hydrogen (secondary N) is 2. The molecule has 0 aliphatic heterocycles. The fraction of sp³-hybridized carbons (Fsp3) is 0.625. The predicted molar refractivity (Wildman–Crippen MR) is 86.9 cm³/mol. The summed E-state index contributed by atoms with van der Waals surface area (Å²) in [5, 5.41) is 2.77. The zero-order valence-electron chi connectivity index (χ0n) is 12.9. The average Bonchev–Trinajstić information content (AvgIpc) is 2.47. The van der Waals surface area contributed by atoms with Gasteiger partial charge < -0.3 is 5.32 Å². The highest BCUT2D eigenvalue weighted by atomic mass is 32.2. The first-order valence-corrected chi connectivity index (χ1v) is 9.36. The molecule has 118 valence electrons. The van der Waals surface area contributed by atoms with Crippen LogP contribution >= 0.6 is 0 Å². The number of aryl methyl sites for hydroxylation is 1. The van der Waals surface area contributed by atoms with E-state index in [1.54, 1.807) is 6.92 Å². The minimum atomic E-state index is -3.26. The molecular weight excluding hydrogens is 284 g/mol. The minimum absolute atomic E-state index is 0.0264. The van der Waals surface area contributed by atoms with Crippen LogP contribution in [0, 0.1) is 0 Å². The van der Waals surface area contributed by atoms with E-state index in [9.17, 15) is 8.42 Å². The van der Waals surface area contributed by atoms with Gasteiger partial charge in [-0.05, 0) is 50.3 Å². The summed E-state index contributed by atoms with van der Waals surface area (Å²) in [5.41, 5.74) is 2.62. The monoisotopic (exact) mass is 310 g/mol. The van der Waals surface area contributed by atoms with Crippen molar-refractivity contribution >= 4 is 10.0 Å². The van der Waals surface area contributed by atoms with Gasteiger partial charge in [0.25, 0.3) is 0 Å². The second-order valence-corrected chi connectivity index (χ2v) is 8.02. The Morgan fingerprint density at radius 2 is 2.00 bits per heavy atom. The molecule has 1 aromatic carbocycles. The lowest BCUT2D eigenvalue weighted by Gasteiger charge is -2.26. The minimum Gasteiger partial charge on any atom is -0.315 e. The lowest BCUT2D eigenvalue weighted by Crippen LogP contribution is -2.45. The Balaban J connectivity index is 1.92. The number of rotatable bonds is 7. The molecular formula is C16H26N2O2S. The third-order valence-electron chi connectivity index (χ3n) is 4.07. The van der Waals surface area contributed by atoms with Crippen molar-refractivity contribution in [2.75, 3.05) is 13.1 Å². The number of hydrogen-bond donors (Lipinski definition) is 2. The molecule has 0 aromatic heterocycles. The fourth-order valence-electron chi connectivity index (χ4n) is 2.74. The van der Waals surface area contributed by atoms with Gasteiger partial charge in [-0.2, -0.15) is 0 Å². The summed E-state index contributed by atoms with van der Waals surface area (Å²) in [6.07, 6.45) is 3.64. The van der Waals surface area contributed by atoms with Crippen LogP contribution in [0.5, 0.6) is 0 Å². The molecule has 5 heteroatoms. The molecule has 1 aromatic rings. The molecule has 2 rings (SSSR count). The van der Waals surface area contributed by atoms with E-state index in [2.05, 4.69) is 29.1 Å². The highest BCUT2D eigenvalue weighted by molar-refractivity contribution is 7.90. The first-order chi connectivity index (χ1) is 10.0. The second-order valence-electron chi connectivity index (χ2n) is 5.89. The van der Waals surface area contributed by atoms with Crippen molar-refractivity contribution in [1.29, 1.82) is 0 Å². The maximum absolute atomic E-state index is 12.4. The zero-order valence-corrected chi connectivity index (χ0v) is 13.7. The molecule has 0 heterocycles. The maximum atomic E-state index is 12.4. The molecule has 4 nitrogen and oxygen atoms in total. The molecule has 0 amide bonds. The largest absolute Gasteiger partial charge is 0.315 e. The van der Waals surface area contributed by atoms with Crippen LogP contribution in [0.25, 0.3) is 0 Å². The van der Waals surface area contributed by atoms with E-state index >= 15 is 0 Å². The molecule has 0 spiro atoms. The Hall–Kier alpha value is -0.910. The van der Waals surface area contributed by atoms with Gasteiger partial charge in [0.05, 0.1) is 5.25 Å². The summed E-state index contributed by atoms with van der Waals surface area (Å²) < 4.78 is 27.6. The van der Waals surface area contributed by atoms with Crippen LogP contribution in [0.3, 0.4) is 0 Å². The molecule has 1 aliphatic rings. The van der Waals surface area contributed by atoms with E-state index in [0.29, 0.717) is 6.54 Å². The van der Waals surface area contributed by atoms with Crippen LogP contribution in [-0.4, -0.2) is 32.8 Å². The SMILES string of the molecule is CCCNCC(C)S(=O)(=O)NC1CCc2ccccc2C1. The van der Waals surface area contributed by atoms with Crippen LogP contribution in [0.2, 0.25) is 0 Å². The highest BCUT2D eigenvalue weighted by Gasteiger charge is 2.26. The van der Waals surface area contributed by atoms with Crippen LogP contribution in [0.1, 0.15) is 37.8 Å². The van der Waals surface area contributed by atoms with Crippen molar-refractivity contribution in [3.63, 3.8) is 0 Å². The lowest BCUT2D eigenvalue weighted by atomic mass is 9.89. The van der Waals surface area contributed by atoms with Crippen LogP contribution < -0.4 is 10.0 Å². The van der Waals surface area contributed by atoms with Crippen molar-refractivity contribution < 1.29 is 8.42 Å². The maximum Gasteiger partial charge on any atom is 0.215 e. The Kier molecular flexibility index (Phi) is 5.79. The van der Waals surface area contributed by atoms with Gasteiger partial charge in [-0.3, -0.25) is 0 Å². The third-order valence-corrected chi connectivity index (χ3v) is 5.95. The van der Waals surface area contributed by atoms with Gasteiger partial charge in [-0.1, -0.05) is 31.2 Å². The van der Waals surface area contributed by atoms with Gasteiger partial charge in [0.2, 0.25) is 10.0 Å². The Morgan fingerprint density at radius 3 is 2.71 bits per heavy atom. The molecule has 1 aliphatic carbocycles. The standard InChI is InChI=1S/C16H26N2O2S/c1-3-10-17-12-13(2)21(19,20)18-16-9-8-14-6-4-5-7-15(14)11-16/h4-7,13,16-18H,3,8-12H2,1-2H3. The van der Waals surface area contributed by atoms with E-state index in [1.807, 2.05) is 12.1 Å². The van der Waals surface area contributed by atoms with E-state index in [4.69, 9.17) is 0 Å². The molecule has 2 unspecified atom stereocenters. The molecule has 0 bridgehead atoms. The summed E-state index contributed by atoms with van der Waals surface area (Å²) in [6, 6.07) is 8.33. The van der Waals surface area contributed by atoms with Gasteiger partial charge in [-0.25, -0.2) is 13.1 Å². The second kappa shape index (κ2) is 7.38.